The molecule has 0 bridgehead atoms. The SMILES string of the molecule is CCC(C)CC(NN)c1ccccc1F. The second-order valence-electron chi connectivity index (χ2n) is 3.99. The van der Waals surface area contributed by atoms with Crippen molar-refractivity contribution >= 4 is 0 Å². The van der Waals surface area contributed by atoms with E-state index < -0.39 is 0 Å². The molecule has 1 aromatic carbocycles. The van der Waals surface area contributed by atoms with Gasteiger partial charge in [0.2, 0.25) is 0 Å². The zero-order valence-electron chi connectivity index (χ0n) is 9.33. The fourth-order valence-electron chi connectivity index (χ4n) is 1.61. The lowest BCUT2D eigenvalue weighted by Gasteiger charge is -2.20. The van der Waals surface area contributed by atoms with E-state index in [1.165, 1.54) is 6.07 Å². The summed E-state index contributed by atoms with van der Waals surface area (Å²) in [5.41, 5.74) is 3.34. The van der Waals surface area contributed by atoms with Crippen LogP contribution in [0.25, 0.3) is 0 Å². The Hall–Kier alpha value is -0.930. The minimum atomic E-state index is -0.191. The normalized spacial score (nSPS) is 14.9. The van der Waals surface area contributed by atoms with Gasteiger partial charge in [0.1, 0.15) is 5.82 Å². The van der Waals surface area contributed by atoms with E-state index in [0.29, 0.717) is 11.5 Å². The van der Waals surface area contributed by atoms with Gasteiger partial charge in [-0.05, 0) is 18.4 Å². The van der Waals surface area contributed by atoms with Gasteiger partial charge in [0.25, 0.3) is 0 Å². The summed E-state index contributed by atoms with van der Waals surface area (Å²) in [4.78, 5) is 0. The molecule has 2 nitrogen and oxygen atoms in total. The average Bonchev–Trinajstić information content (AvgIpc) is 2.26. The van der Waals surface area contributed by atoms with Gasteiger partial charge in [-0.3, -0.25) is 11.3 Å². The van der Waals surface area contributed by atoms with Crippen molar-refractivity contribution in [3.8, 4) is 0 Å². The molecule has 2 atom stereocenters. The summed E-state index contributed by atoms with van der Waals surface area (Å²) in [7, 11) is 0. The van der Waals surface area contributed by atoms with Crippen molar-refractivity contribution in [1.29, 1.82) is 0 Å². The number of halogens is 1. The van der Waals surface area contributed by atoms with E-state index in [1.807, 2.05) is 6.07 Å². The Kier molecular flexibility index (Phi) is 4.72. The number of hydrogen-bond acceptors (Lipinski definition) is 2. The van der Waals surface area contributed by atoms with Gasteiger partial charge in [0.05, 0.1) is 0 Å². The van der Waals surface area contributed by atoms with Crippen molar-refractivity contribution in [3.05, 3.63) is 35.6 Å². The first-order valence-corrected chi connectivity index (χ1v) is 5.39. The molecule has 1 rings (SSSR count). The van der Waals surface area contributed by atoms with Crippen molar-refractivity contribution in [1.82, 2.24) is 5.43 Å². The van der Waals surface area contributed by atoms with E-state index in [1.54, 1.807) is 12.1 Å². The third-order valence-corrected chi connectivity index (χ3v) is 2.82. The predicted octanol–water partition coefficient (Wildman–Crippen LogP) is 2.77. The van der Waals surface area contributed by atoms with E-state index in [2.05, 4.69) is 19.3 Å². The number of nitrogens with one attached hydrogen (secondary N) is 1. The van der Waals surface area contributed by atoms with Crippen LogP contribution in [0.3, 0.4) is 0 Å². The molecule has 0 saturated heterocycles. The van der Waals surface area contributed by atoms with Crippen LogP contribution >= 0.6 is 0 Å². The maximum atomic E-state index is 13.5. The second-order valence-corrected chi connectivity index (χ2v) is 3.99. The summed E-state index contributed by atoms with van der Waals surface area (Å²) < 4.78 is 13.5. The molecule has 0 aromatic heterocycles. The lowest BCUT2D eigenvalue weighted by molar-refractivity contribution is 0.397. The Bertz CT molecular complexity index is 301. The molecule has 2 unspecified atom stereocenters. The number of benzene rings is 1. The molecule has 0 heterocycles. The monoisotopic (exact) mass is 210 g/mol. The van der Waals surface area contributed by atoms with Gasteiger partial charge in [-0.1, -0.05) is 38.5 Å². The minimum Gasteiger partial charge on any atom is -0.271 e. The number of nitrogens with two attached hydrogens (primary N) is 1. The maximum Gasteiger partial charge on any atom is 0.128 e. The van der Waals surface area contributed by atoms with E-state index >= 15 is 0 Å². The first-order valence-electron chi connectivity index (χ1n) is 5.39. The minimum absolute atomic E-state index is 0.0962. The van der Waals surface area contributed by atoms with Crippen LogP contribution in [0.4, 0.5) is 4.39 Å². The van der Waals surface area contributed by atoms with Crippen molar-refractivity contribution in [2.75, 3.05) is 0 Å². The fourth-order valence-corrected chi connectivity index (χ4v) is 1.61. The highest BCUT2D eigenvalue weighted by Gasteiger charge is 2.15. The highest BCUT2D eigenvalue weighted by atomic mass is 19.1. The van der Waals surface area contributed by atoms with Gasteiger partial charge in [-0.2, -0.15) is 0 Å². The fraction of sp³-hybridized carbons (Fsp3) is 0.500. The third kappa shape index (κ3) is 3.29. The van der Waals surface area contributed by atoms with Gasteiger partial charge in [0, 0.05) is 11.6 Å². The Labute approximate surface area is 90.6 Å². The van der Waals surface area contributed by atoms with E-state index in [4.69, 9.17) is 5.84 Å². The highest BCUT2D eigenvalue weighted by molar-refractivity contribution is 5.21. The molecular formula is C12H19FN2. The molecule has 0 radical (unpaired) electrons. The molecule has 0 aliphatic rings. The van der Waals surface area contributed by atoms with Crippen molar-refractivity contribution in [3.63, 3.8) is 0 Å². The molecule has 3 heteroatoms. The van der Waals surface area contributed by atoms with E-state index in [9.17, 15) is 4.39 Å². The van der Waals surface area contributed by atoms with Crippen LogP contribution in [0, 0.1) is 11.7 Å². The van der Waals surface area contributed by atoms with Crippen LogP contribution in [0.2, 0.25) is 0 Å². The van der Waals surface area contributed by atoms with E-state index in [-0.39, 0.29) is 11.9 Å². The smallest absolute Gasteiger partial charge is 0.128 e. The first-order chi connectivity index (χ1) is 7.19. The summed E-state index contributed by atoms with van der Waals surface area (Å²) in [6.07, 6.45) is 1.93. The molecule has 1 aromatic rings. The molecule has 0 amide bonds. The van der Waals surface area contributed by atoms with Crippen LogP contribution in [0.15, 0.2) is 24.3 Å². The summed E-state index contributed by atoms with van der Waals surface area (Å²) in [5, 5.41) is 0. The van der Waals surface area contributed by atoms with Crippen LogP contribution in [-0.2, 0) is 0 Å². The zero-order chi connectivity index (χ0) is 11.3. The molecule has 15 heavy (non-hydrogen) atoms. The largest absolute Gasteiger partial charge is 0.271 e. The van der Waals surface area contributed by atoms with Gasteiger partial charge in [-0.15, -0.1) is 0 Å². The van der Waals surface area contributed by atoms with Crippen LogP contribution in [-0.4, -0.2) is 0 Å². The molecule has 0 fully saturated rings. The van der Waals surface area contributed by atoms with Crippen LogP contribution in [0.1, 0.15) is 38.3 Å². The van der Waals surface area contributed by atoms with Crippen LogP contribution in [0.5, 0.6) is 0 Å². The Balaban J connectivity index is 2.78. The molecule has 0 spiro atoms. The van der Waals surface area contributed by atoms with Crippen LogP contribution < -0.4 is 11.3 Å². The predicted molar refractivity (Wildman–Crippen MR) is 60.5 cm³/mol. The molecule has 84 valence electrons. The maximum absolute atomic E-state index is 13.5. The first kappa shape index (κ1) is 12.1. The second kappa shape index (κ2) is 5.83. The molecular weight excluding hydrogens is 191 g/mol. The standard InChI is InChI=1S/C12H19FN2/c1-3-9(2)8-12(15-14)10-6-4-5-7-11(10)13/h4-7,9,12,15H,3,8,14H2,1-2H3. The van der Waals surface area contributed by atoms with Gasteiger partial charge < -0.3 is 0 Å². The van der Waals surface area contributed by atoms with Crippen molar-refractivity contribution in [2.24, 2.45) is 11.8 Å². The molecule has 0 aliphatic carbocycles. The molecule has 0 aliphatic heterocycles. The molecule has 3 N–H and O–H groups in total. The number of hydrogen-bond donors (Lipinski definition) is 2. The Morgan fingerprint density at radius 1 is 1.40 bits per heavy atom. The summed E-state index contributed by atoms with van der Waals surface area (Å²) in [6, 6.07) is 6.68. The highest BCUT2D eigenvalue weighted by Crippen LogP contribution is 2.24. The topological polar surface area (TPSA) is 38.0 Å². The lowest BCUT2D eigenvalue weighted by Crippen LogP contribution is -2.30. The number of hydrazine groups is 1. The van der Waals surface area contributed by atoms with Gasteiger partial charge >= 0.3 is 0 Å². The zero-order valence-corrected chi connectivity index (χ0v) is 9.33. The van der Waals surface area contributed by atoms with Gasteiger partial charge in [0.15, 0.2) is 0 Å². The van der Waals surface area contributed by atoms with Crippen molar-refractivity contribution in [2.45, 2.75) is 32.7 Å². The van der Waals surface area contributed by atoms with E-state index in [0.717, 1.165) is 12.8 Å². The van der Waals surface area contributed by atoms with Gasteiger partial charge in [-0.25, -0.2) is 4.39 Å². The Morgan fingerprint density at radius 2 is 2.07 bits per heavy atom. The molecule has 0 saturated carbocycles. The number of rotatable bonds is 5. The third-order valence-electron chi connectivity index (χ3n) is 2.82. The summed E-state index contributed by atoms with van der Waals surface area (Å²) >= 11 is 0. The summed E-state index contributed by atoms with van der Waals surface area (Å²) in [5.74, 6) is 5.80. The Morgan fingerprint density at radius 3 is 2.60 bits per heavy atom. The average molecular weight is 210 g/mol. The lowest BCUT2D eigenvalue weighted by atomic mass is 9.94. The summed E-state index contributed by atoms with van der Waals surface area (Å²) in [6.45, 7) is 4.27. The quantitative estimate of drug-likeness (QED) is 0.579. The van der Waals surface area contributed by atoms with Crippen molar-refractivity contribution < 1.29 is 4.39 Å².